The van der Waals surface area contributed by atoms with Gasteiger partial charge in [-0.3, -0.25) is 9.59 Å². The molecule has 5 nitrogen and oxygen atoms in total. The van der Waals surface area contributed by atoms with Crippen molar-refractivity contribution in [1.29, 1.82) is 0 Å². The van der Waals surface area contributed by atoms with E-state index in [1.165, 1.54) is 0 Å². The normalized spacial score (nSPS) is 14.5. The molecule has 2 amide bonds. The van der Waals surface area contributed by atoms with Crippen LogP contribution in [0, 0.1) is 0 Å². The molecule has 1 N–H and O–H groups in total. The maximum Gasteiger partial charge on any atom is 0.255 e. The summed E-state index contributed by atoms with van der Waals surface area (Å²) in [5, 5.41) is 3.93. The van der Waals surface area contributed by atoms with Gasteiger partial charge in [0.05, 0.1) is 23.6 Å². The van der Waals surface area contributed by atoms with Gasteiger partial charge in [0.15, 0.2) is 0 Å². The van der Waals surface area contributed by atoms with Crippen LogP contribution in [0.4, 0.5) is 0 Å². The highest BCUT2D eigenvalue weighted by Crippen LogP contribution is 2.24. The maximum absolute atomic E-state index is 12.7. The lowest BCUT2D eigenvalue weighted by atomic mass is 10.0. The predicted molar refractivity (Wildman–Crippen MR) is 115 cm³/mol. The maximum atomic E-state index is 12.7. The molecule has 1 heterocycles. The summed E-state index contributed by atoms with van der Waals surface area (Å²) in [6, 6.07) is 12.5. The van der Waals surface area contributed by atoms with Crippen molar-refractivity contribution in [3.63, 3.8) is 0 Å². The Labute approximate surface area is 180 Å². The summed E-state index contributed by atoms with van der Waals surface area (Å²) in [5.74, 6) is 0.681. The quantitative estimate of drug-likeness (QED) is 0.734. The van der Waals surface area contributed by atoms with Gasteiger partial charge in [0.25, 0.3) is 5.91 Å². The summed E-state index contributed by atoms with van der Waals surface area (Å²) < 4.78 is 5.41. The summed E-state index contributed by atoms with van der Waals surface area (Å²) in [5.41, 5.74) is 1.39. The second kappa shape index (κ2) is 9.99. The third-order valence-corrected chi connectivity index (χ3v) is 5.46. The van der Waals surface area contributed by atoms with Gasteiger partial charge in [-0.25, -0.2) is 0 Å². The van der Waals surface area contributed by atoms with Gasteiger partial charge in [-0.1, -0.05) is 35.3 Å². The van der Waals surface area contributed by atoms with Gasteiger partial charge in [0.1, 0.15) is 5.75 Å². The van der Waals surface area contributed by atoms with Gasteiger partial charge in [-0.15, -0.1) is 0 Å². The minimum absolute atomic E-state index is 0.0142. The monoisotopic (exact) mass is 434 g/mol. The minimum Gasteiger partial charge on any atom is -0.494 e. The number of hydrogen-bond acceptors (Lipinski definition) is 3. The third-order valence-electron chi connectivity index (χ3n) is 4.91. The smallest absolute Gasteiger partial charge is 0.255 e. The SMILES string of the molecule is CCOc1ccc(CC(=O)NC2CCN(C(=O)c3ccc(Cl)cc3Cl)CC2)cc1. The van der Waals surface area contributed by atoms with E-state index in [2.05, 4.69) is 5.32 Å². The van der Waals surface area contributed by atoms with Gasteiger partial charge < -0.3 is 15.0 Å². The van der Waals surface area contributed by atoms with Gasteiger partial charge >= 0.3 is 0 Å². The molecule has 7 heteroatoms. The lowest BCUT2D eigenvalue weighted by Crippen LogP contribution is -2.46. The van der Waals surface area contributed by atoms with Crippen LogP contribution in [0.3, 0.4) is 0 Å². The van der Waals surface area contributed by atoms with E-state index >= 15 is 0 Å². The van der Waals surface area contributed by atoms with Crippen molar-refractivity contribution < 1.29 is 14.3 Å². The number of amides is 2. The number of ether oxygens (including phenoxy) is 1. The number of likely N-dealkylation sites (tertiary alicyclic amines) is 1. The van der Waals surface area contributed by atoms with E-state index in [9.17, 15) is 9.59 Å². The molecule has 0 aromatic heterocycles. The molecule has 1 saturated heterocycles. The van der Waals surface area contributed by atoms with Crippen LogP contribution in [0.2, 0.25) is 10.0 Å². The Bertz CT molecular complexity index is 863. The number of benzene rings is 2. The summed E-state index contributed by atoms with van der Waals surface area (Å²) in [4.78, 5) is 26.8. The van der Waals surface area contributed by atoms with Crippen LogP contribution in [-0.4, -0.2) is 42.5 Å². The molecule has 1 aliphatic rings. The van der Waals surface area contributed by atoms with Crippen LogP contribution in [0.5, 0.6) is 5.75 Å². The number of nitrogens with zero attached hydrogens (tertiary/aromatic N) is 1. The molecule has 0 spiro atoms. The molecule has 1 fully saturated rings. The first kappa shape index (κ1) is 21.5. The number of piperidine rings is 1. The number of carbonyl (C=O) groups excluding carboxylic acids is 2. The molecule has 29 heavy (non-hydrogen) atoms. The third kappa shape index (κ3) is 5.87. The molecule has 0 unspecified atom stereocenters. The Hall–Kier alpha value is -2.24. The standard InChI is InChI=1S/C22H24Cl2N2O3/c1-2-29-18-6-3-15(4-7-18)13-21(27)25-17-9-11-26(12-10-17)22(28)19-8-5-16(23)14-20(19)24/h3-8,14,17H,2,9-13H2,1H3,(H,25,27). The summed E-state index contributed by atoms with van der Waals surface area (Å²) in [6.45, 7) is 3.70. The zero-order chi connectivity index (χ0) is 20.8. The van der Waals surface area contributed by atoms with E-state index in [-0.39, 0.29) is 17.9 Å². The molecule has 2 aromatic carbocycles. The minimum atomic E-state index is -0.106. The Morgan fingerprint density at radius 2 is 1.79 bits per heavy atom. The molecule has 154 valence electrons. The van der Waals surface area contributed by atoms with Crippen molar-refractivity contribution in [2.45, 2.75) is 32.2 Å². The van der Waals surface area contributed by atoms with E-state index in [0.29, 0.717) is 54.6 Å². The zero-order valence-electron chi connectivity index (χ0n) is 16.3. The fraction of sp³-hybridized carbons (Fsp3) is 0.364. The molecular weight excluding hydrogens is 411 g/mol. The fourth-order valence-corrected chi connectivity index (χ4v) is 3.88. The van der Waals surface area contributed by atoms with Crippen molar-refractivity contribution in [2.24, 2.45) is 0 Å². The summed E-state index contributed by atoms with van der Waals surface area (Å²) in [6.07, 6.45) is 1.75. The van der Waals surface area contributed by atoms with Crippen molar-refractivity contribution in [1.82, 2.24) is 10.2 Å². The number of hydrogen-bond donors (Lipinski definition) is 1. The number of nitrogens with one attached hydrogen (secondary N) is 1. The first-order chi connectivity index (χ1) is 14.0. The van der Waals surface area contributed by atoms with Crippen molar-refractivity contribution in [3.05, 3.63) is 63.6 Å². The molecule has 1 aliphatic heterocycles. The van der Waals surface area contributed by atoms with Crippen molar-refractivity contribution in [2.75, 3.05) is 19.7 Å². The number of rotatable bonds is 6. The molecule has 0 saturated carbocycles. The summed E-state index contributed by atoms with van der Waals surface area (Å²) in [7, 11) is 0. The topological polar surface area (TPSA) is 58.6 Å². The molecule has 0 aliphatic carbocycles. The highest BCUT2D eigenvalue weighted by Gasteiger charge is 2.25. The summed E-state index contributed by atoms with van der Waals surface area (Å²) >= 11 is 12.0. The van der Waals surface area contributed by atoms with Gasteiger partial charge in [0, 0.05) is 24.2 Å². The van der Waals surface area contributed by atoms with E-state index in [1.807, 2.05) is 31.2 Å². The highest BCUT2D eigenvalue weighted by atomic mass is 35.5. The highest BCUT2D eigenvalue weighted by molar-refractivity contribution is 6.36. The van der Waals surface area contributed by atoms with Gasteiger partial charge in [-0.05, 0) is 55.7 Å². The predicted octanol–water partition coefficient (Wildman–Crippen LogP) is 4.36. The fourth-order valence-electron chi connectivity index (χ4n) is 3.39. The van der Waals surface area contributed by atoms with Crippen LogP contribution in [-0.2, 0) is 11.2 Å². The molecule has 0 atom stereocenters. The second-order valence-electron chi connectivity index (χ2n) is 7.01. The van der Waals surface area contributed by atoms with Crippen molar-refractivity contribution in [3.8, 4) is 5.75 Å². The molecule has 3 rings (SSSR count). The lowest BCUT2D eigenvalue weighted by molar-refractivity contribution is -0.121. The average Bonchev–Trinajstić information content (AvgIpc) is 2.70. The van der Waals surface area contributed by atoms with Gasteiger partial charge in [0.2, 0.25) is 5.91 Å². The van der Waals surface area contributed by atoms with E-state index in [0.717, 1.165) is 11.3 Å². The Kier molecular flexibility index (Phi) is 7.40. The first-order valence-electron chi connectivity index (χ1n) is 9.71. The van der Waals surface area contributed by atoms with E-state index in [1.54, 1.807) is 23.1 Å². The Morgan fingerprint density at radius 1 is 1.10 bits per heavy atom. The molecule has 0 bridgehead atoms. The number of carbonyl (C=O) groups is 2. The van der Waals surface area contributed by atoms with Crippen LogP contribution < -0.4 is 10.1 Å². The Morgan fingerprint density at radius 3 is 2.41 bits per heavy atom. The molecule has 2 aromatic rings. The zero-order valence-corrected chi connectivity index (χ0v) is 17.8. The largest absolute Gasteiger partial charge is 0.494 e. The van der Waals surface area contributed by atoms with Crippen LogP contribution in [0.1, 0.15) is 35.7 Å². The van der Waals surface area contributed by atoms with E-state index < -0.39 is 0 Å². The van der Waals surface area contributed by atoms with E-state index in [4.69, 9.17) is 27.9 Å². The average molecular weight is 435 g/mol. The van der Waals surface area contributed by atoms with Crippen LogP contribution in [0.25, 0.3) is 0 Å². The molecular formula is C22H24Cl2N2O3. The number of halogens is 2. The van der Waals surface area contributed by atoms with Crippen LogP contribution >= 0.6 is 23.2 Å². The van der Waals surface area contributed by atoms with Crippen LogP contribution in [0.15, 0.2) is 42.5 Å². The Balaban J connectivity index is 1.47. The first-order valence-corrected chi connectivity index (χ1v) is 10.5. The molecule has 0 radical (unpaired) electrons. The second-order valence-corrected chi connectivity index (χ2v) is 7.86. The van der Waals surface area contributed by atoms with Crippen molar-refractivity contribution >= 4 is 35.0 Å². The lowest BCUT2D eigenvalue weighted by Gasteiger charge is -2.32. The van der Waals surface area contributed by atoms with Gasteiger partial charge in [-0.2, -0.15) is 0 Å².